The van der Waals surface area contributed by atoms with Crippen LogP contribution in [0.1, 0.15) is 36.8 Å². The number of aromatic nitrogens is 2. The molecule has 0 saturated heterocycles. The number of H-pyrrole nitrogens is 1. The number of para-hydroxylation sites is 4. The Labute approximate surface area is 462 Å². The molecule has 8 aromatic rings. The molecule has 15 heteroatoms. The molecule has 1 radical (unpaired) electrons. The predicted molar refractivity (Wildman–Crippen MR) is 318 cm³/mol. The molecule has 0 aliphatic heterocycles. The maximum absolute atomic E-state index is 5.56. The van der Waals surface area contributed by atoms with Crippen molar-refractivity contribution in [3.63, 3.8) is 0 Å². The first-order valence-electron chi connectivity index (χ1n) is 19.4. The fourth-order valence-electron chi connectivity index (χ4n) is 5.79. The molecule has 0 spiro atoms. The molecule has 0 aliphatic carbocycles. The zero-order valence-electron chi connectivity index (χ0n) is 35.3. The van der Waals surface area contributed by atoms with Crippen LogP contribution in [0.15, 0.2) is 156 Å². The average Bonchev–Trinajstić information content (AvgIpc) is 3.85. The van der Waals surface area contributed by atoms with Gasteiger partial charge in [-0.1, -0.05) is 228 Å². The first-order valence-corrected chi connectivity index (χ1v) is 28.7. The quantitative estimate of drug-likeness (QED) is 0.0658. The first kappa shape index (κ1) is 58.1. The molecule has 0 fully saturated rings. The molecular weight excluding hydrogens is 1450 g/mol. The summed E-state index contributed by atoms with van der Waals surface area (Å²) in [5.41, 5.74) is 7.66. The van der Waals surface area contributed by atoms with Crippen LogP contribution in [0.3, 0.4) is 0 Å². The van der Waals surface area contributed by atoms with Crippen molar-refractivity contribution < 1.29 is 0 Å². The second kappa shape index (κ2) is 36.0. The van der Waals surface area contributed by atoms with E-state index in [2.05, 4.69) is 311 Å². The van der Waals surface area contributed by atoms with Crippen LogP contribution in [0.2, 0.25) is 0 Å². The van der Waals surface area contributed by atoms with Crippen molar-refractivity contribution in [2.24, 2.45) is 4.30 Å². The van der Waals surface area contributed by atoms with Gasteiger partial charge in [0.05, 0.1) is 0 Å². The molecule has 331 valence electrons. The number of rotatable bonds is 8. The van der Waals surface area contributed by atoms with Gasteiger partial charge in [0.25, 0.3) is 0 Å². The summed E-state index contributed by atoms with van der Waals surface area (Å²) in [6.45, 7) is 3.16. The van der Waals surface area contributed by atoms with E-state index in [9.17, 15) is 0 Å². The van der Waals surface area contributed by atoms with Crippen molar-refractivity contribution in [3.05, 3.63) is 162 Å². The fraction of sp³-hybridized carbons (Fsp3) is 0.234. The monoisotopic (exact) mass is 1490 g/mol. The van der Waals surface area contributed by atoms with Crippen molar-refractivity contribution in [1.82, 2.24) is 9.55 Å². The van der Waals surface area contributed by atoms with Crippen LogP contribution in [-0.2, 0) is 11.9 Å². The maximum atomic E-state index is 5.56. The number of hydrogen-bond donors (Lipinski definition) is 2. The van der Waals surface area contributed by atoms with Crippen molar-refractivity contribution in [2.45, 2.75) is 44.5 Å². The van der Waals surface area contributed by atoms with Crippen molar-refractivity contribution >= 4 is 224 Å². The van der Waals surface area contributed by atoms with Gasteiger partial charge in [-0.25, -0.2) is 0 Å². The Morgan fingerprint density at radius 2 is 0.968 bits per heavy atom. The third-order valence-electron chi connectivity index (χ3n) is 8.67. The Kier molecular flexibility index (Phi) is 33.7. The second-order valence-corrected chi connectivity index (χ2v) is 19.5. The molecule has 0 saturated carbocycles. The zero-order chi connectivity index (χ0) is 47.0. The van der Waals surface area contributed by atoms with Gasteiger partial charge in [0, 0.05) is 89.4 Å². The largest absolute Gasteiger partial charge is 0.355 e. The third-order valence-corrected chi connectivity index (χ3v) is 13.5. The summed E-state index contributed by atoms with van der Waals surface area (Å²) < 4.78 is 15.2. The number of nitrogens with zero attached hydrogens (tertiary/aromatic N) is 2. The third kappa shape index (κ3) is 20.8. The van der Waals surface area contributed by atoms with Gasteiger partial charge >= 0.3 is 24.8 Å². The number of aromatic amines is 1. The number of unbranched alkanes of at least 4 members (excludes halogenated alkanes) is 2. The van der Waals surface area contributed by atoms with Gasteiger partial charge in [0.2, 0.25) is 0 Å². The molecule has 6 aromatic carbocycles. The summed E-state index contributed by atoms with van der Waals surface area (Å²) in [5, 5.41) is 9.59. The Hall–Kier alpha value is -0.0651. The van der Waals surface area contributed by atoms with E-state index in [0.29, 0.717) is 0 Å². The van der Waals surface area contributed by atoms with Crippen LogP contribution in [-0.4, -0.2) is 40.0 Å². The minimum absolute atomic E-state index is 0.890. The molecule has 2 aromatic heterocycles. The summed E-state index contributed by atoms with van der Waals surface area (Å²) in [7, 11) is 4.34. The number of alkyl halides is 5. The molecule has 2 heterocycles. The summed E-state index contributed by atoms with van der Waals surface area (Å²) in [4.78, 5) is 3.38. The number of nitrogens with one attached hydrogen (secondary N) is 1. The summed E-state index contributed by atoms with van der Waals surface area (Å²) in [6.07, 6.45) is 5.01. The van der Waals surface area contributed by atoms with Gasteiger partial charge in [0.1, 0.15) is 0.958 Å². The van der Waals surface area contributed by atoms with E-state index < -0.39 is 0 Å². The van der Waals surface area contributed by atoms with E-state index in [-0.39, 0.29) is 0 Å². The molecule has 0 bridgehead atoms. The number of halogens is 10. The number of aryl methyl sites for hydroxylation is 2. The van der Waals surface area contributed by atoms with Crippen molar-refractivity contribution in [1.29, 1.82) is 0.958 Å². The Balaban J connectivity index is 0.000000395. The summed E-state index contributed by atoms with van der Waals surface area (Å²) in [6, 6.07) is 46.4. The van der Waals surface area contributed by atoms with Crippen LogP contribution in [0.25, 0.3) is 43.6 Å². The molecule has 8 rings (SSSR count). The number of benzene rings is 6. The summed E-state index contributed by atoms with van der Waals surface area (Å²) >= 11 is 35.5. The molecule has 0 atom stereocenters. The van der Waals surface area contributed by atoms with E-state index in [1.807, 2.05) is 30.1 Å². The van der Waals surface area contributed by atoms with Crippen molar-refractivity contribution in [2.75, 3.05) is 21.8 Å². The van der Waals surface area contributed by atoms with E-state index in [4.69, 9.17) is 0.958 Å². The van der Waals surface area contributed by atoms with Crippen LogP contribution in [0.5, 0.6) is 0 Å². The van der Waals surface area contributed by atoms with Crippen LogP contribution >= 0.6 is 173 Å². The predicted octanol–water partition coefficient (Wildman–Crippen LogP) is 20.2. The normalized spacial score (nSPS) is 9.90. The smallest absolute Gasteiger partial charge is 0.0464 e. The fourth-order valence-corrected chi connectivity index (χ4v) is 10.1. The van der Waals surface area contributed by atoms with E-state index in [0.717, 1.165) is 45.8 Å². The minimum Gasteiger partial charge on any atom is -0.355 e. The van der Waals surface area contributed by atoms with Crippen LogP contribution in [0, 0.1) is 6.92 Å². The van der Waals surface area contributed by atoms with E-state index in [1.54, 1.807) is 0 Å². The van der Waals surface area contributed by atoms with Gasteiger partial charge in [-0.15, -0.1) is 16.8 Å². The second-order valence-electron chi connectivity index (χ2n) is 12.8. The Morgan fingerprint density at radius 3 is 1.37 bits per heavy atom. The van der Waals surface area contributed by atoms with Crippen molar-refractivity contribution in [3.8, 4) is 0 Å². The standard InChI is InChI=1S/C16H16BrN.C12H9N.C7H5Br3.C7H6Br2.C4H8Br2.CH3Br.BHNS.BrH/c17-11-5-6-12-18-15-9-3-1-7-13(15)14-8-2-4-10-16(14)18;1-3-7-11-9(5-1)10-6-2-4-8-12(10)13-11;8-4-5-1-2-6(9)3-7(5)10;1-5-2-3-6(8)4-7(5)9;5-3-1-2-4-6;1-2;1-2-3;/h1-4,7-10H,5-6,11-12H2;1-8,13H;1-3H,4H2;2-4H,1H3;1-4H2;1H3;3H;1H/i/hD. The van der Waals surface area contributed by atoms with Crippen LogP contribution in [0.4, 0.5) is 0 Å². The SMILES string of the molecule is BrCCCCBr.BrCCCCn1c2ccccc2c2ccccc21.BrCc1ccc(Br)cc1Br.CBr.Cc1ccc(Br)cc1Br.[2H]Br.[B]=NS.c1ccc2c(c1)[nH]c1ccccc12. The van der Waals surface area contributed by atoms with Gasteiger partial charge < -0.3 is 9.55 Å². The molecular formula is C47H49BBr10N3S. The molecule has 0 amide bonds. The Morgan fingerprint density at radius 1 is 0.581 bits per heavy atom. The van der Waals surface area contributed by atoms with E-state index in [1.165, 1.54) is 80.4 Å². The molecule has 62 heavy (non-hydrogen) atoms. The molecule has 0 unspecified atom stereocenters. The zero-order valence-corrected chi connectivity index (χ0v) is 51.0. The number of thiol groups is 1. The van der Waals surface area contributed by atoms with Gasteiger partial charge in [-0.3, -0.25) is 0 Å². The minimum atomic E-state index is 0.890. The van der Waals surface area contributed by atoms with Gasteiger partial charge in [-0.05, 0) is 98.1 Å². The molecule has 3 nitrogen and oxygen atoms in total. The van der Waals surface area contributed by atoms with Gasteiger partial charge in [-0.2, -0.15) is 0 Å². The van der Waals surface area contributed by atoms with E-state index >= 15 is 0 Å². The first-order chi connectivity index (χ1) is 30.6. The Bertz CT molecular complexity index is 2360. The van der Waals surface area contributed by atoms with Crippen LogP contribution < -0.4 is 0 Å². The maximum Gasteiger partial charge on any atom is 0.0464 e. The summed E-state index contributed by atoms with van der Waals surface area (Å²) in [5.74, 6) is 1.81. The number of fused-ring (bicyclic) bond motifs is 6. The van der Waals surface area contributed by atoms with Gasteiger partial charge in [0.15, 0.2) is 0 Å². The number of hydrogen-bond acceptors (Lipinski definition) is 2. The molecule has 1 N–H and O–H groups in total. The average molecular weight is 1500 g/mol. The molecule has 0 aliphatic rings. The topological polar surface area (TPSA) is 33.1 Å².